The first-order valence-corrected chi connectivity index (χ1v) is 21.7. The van der Waals surface area contributed by atoms with E-state index in [2.05, 4.69) is 74.1 Å². The highest BCUT2D eigenvalue weighted by Crippen LogP contribution is 2.44. The normalized spacial score (nSPS) is 13.3. The van der Waals surface area contributed by atoms with Crippen LogP contribution in [0.3, 0.4) is 0 Å². The SMILES string of the molecule is COc1ccccc1-c1ccc(OCc2c(C3CC3)cccc2-n2nnn(C)c2=O)nc1C.Cc1ccc(-c2ccc(OCc3c(C4CC4)cccc3-n3nnn(C)c3=O)nc2C)cc1. The van der Waals surface area contributed by atoms with Crippen LogP contribution in [0.4, 0.5) is 0 Å². The van der Waals surface area contributed by atoms with Crippen molar-refractivity contribution in [2.75, 3.05) is 7.11 Å². The monoisotopic (exact) mass is 870 g/mol. The van der Waals surface area contributed by atoms with Crippen molar-refractivity contribution >= 4 is 0 Å². The highest BCUT2D eigenvalue weighted by atomic mass is 16.5. The summed E-state index contributed by atoms with van der Waals surface area (Å²) < 4.78 is 22.9. The van der Waals surface area contributed by atoms with E-state index >= 15 is 0 Å². The molecule has 4 aromatic heterocycles. The van der Waals surface area contributed by atoms with E-state index in [0.29, 0.717) is 41.6 Å². The minimum absolute atomic E-state index is 0.282. The third-order valence-corrected chi connectivity index (χ3v) is 11.9. The molecule has 2 saturated carbocycles. The third kappa shape index (κ3) is 9.08. The van der Waals surface area contributed by atoms with Crippen molar-refractivity contribution < 1.29 is 14.2 Å². The molecular formula is C50H50N10O5. The van der Waals surface area contributed by atoms with E-state index in [-0.39, 0.29) is 18.0 Å². The second-order valence-corrected chi connectivity index (χ2v) is 16.5. The maximum atomic E-state index is 12.5. The fraction of sp³-hybridized carbons (Fsp3) is 0.280. The molecule has 0 bridgehead atoms. The van der Waals surface area contributed by atoms with Gasteiger partial charge in [0.1, 0.15) is 19.0 Å². The van der Waals surface area contributed by atoms with E-state index in [4.69, 9.17) is 14.2 Å². The van der Waals surface area contributed by atoms with Crippen LogP contribution in [0.1, 0.15) is 76.7 Å². The first-order valence-electron chi connectivity index (χ1n) is 21.7. The van der Waals surface area contributed by atoms with Crippen molar-refractivity contribution in [3.05, 3.63) is 169 Å². The summed E-state index contributed by atoms with van der Waals surface area (Å²) in [6.45, 7) is 6.61. The van der Waals surface area contributed by atoms with E-state index in [1.165, 1.54) is 35.4 Å². The first-order chi connectivity index (χ1) is 31.6. The number of aromatic nitrogens is 10. The summed E-state index contributed by atoms with van der Waals surface area (Å²) in [5.74, 6) is 2.86. The van der Waals surface area contributed by atoms with Gasteiger partial charge in [0.05, 0.1) is 18.5 Å². The topological polar surface area (TPSA) is 159 Å². The van der Waals surface area contributed by atoms with Crippen LogP contribution >= 0.6 is 0 Å². The lowest BCUT2D eigenvalue weighted by Gasteiger charge is -2.15. The average molecular weight is 871 g/mol. The molecule has 8 aromatic rings. The molecule has 0 atom stereocenters. The van der Waals surface area contributed by atoms with Crippen LogP contribution < -0.4 is 25.6 Å². The summed E-state index contributed by atoms with van der Waals surface area (Å²) in [7, 11) is 4.84. The van der Waals surface area contributed by atoms with Gasteiger partial charge in [-0.25, -0.2) is 19.6 Å². The summed E-state index contributed by atoms with van der Waals surface area (Å²) in [5, 5.41) is 15.8. The summed E-state index contributed by atoms with van der Waals surface area (Å²) in [6, 6.07) is 36.0. The van der Waals surface area contributed by atoms with E-state index in [1.807, 2.05) is 86.6 Å². The van der Waals surface area contributed by atoms with Crippen LogP contribution in [0, 0.1) is 20.8 Å². The van der Waals surface area contributed by atoms with Crippen molar-refractivity contribution in [1.29, 1.82) is 0 Å². The zero-order chi connectivity index (χ0) is 45.2. The number of tetrazole rings is 2. The van der Waals surface area contributed by atoms with Crippen LogP contribution in [-0.4, -0.2) is 56.7 Å². The molecule has 0 spiro atoms. The molecule has 2 fully saturated rings. The van der Waals surface area contributed by atoms with Crippen molar-refractivity contribution in [1.82, 2.24) is 49.5 Å². The Morgan fingerprint density at radius 3 is 1.48 bits per heavy atom. The first kappa shape index (κ1) is 42.6. The number of methoxy groups -OCH3 is 1. The molecule has 4 heterocycles. The summed E-state index contributed by atoms with van der Waals surface area (Å²) in [4.78, 5) is 34.3. The second-order valence-electron chi connectivity index (χ2n) is 16.5. The summed E-state index contributed by atoms with van der Waals surface area (Å²) in [5.41, 5.74) is 12.3. The third-order valence-electron chi connectivity index (χ3n) is 11.9. The van der Waals surface area contributed by atoms with Crippen molar-refractivity contribution in [2.24, 2.45) is 14.1 Å². The van der Waals surface area contributed by atoms with Gasteiger partial charge in [0.2, 0.25) is 11.8 Å². The van der Waals surface area contributed by atoms with Crippen LogP contribution in [0.25, 0.3) is 33.6 Å². The van der Waals surface area contributed by atoms with Gasteiger partial charge in [-0.15, -0.1) is 0 Å². The maximum absolute atomic E-state index is 12.5. The smallest absolute Gasteiger partial charge is 0.368 e. The highest BCUT2D eigenvalue weighted by Gasteiger charge is 2.30. The van der Waals surface area contributed by atoms with Gasteiger partial charge in [-0.1, -0.05) is 72.3 Å². The molecule has 2 aliphatic rings. The van der Waals surface area contributed by atoms with Crippen molar-refractivity contribution in [2.45, 2.75) is 71.5 Å². The zero-order valence-electron chi connectivity index (χ0n) is 37.3. The quantitative estimate of drug-likeness (QED) is 0.111. The number of rotatable bonds is 13. The Labute approximate surface area is 375 Å². The number of benzene rings is 4. The fourth-order valence-electron chi connectivity index (χ4n) is 8.10. The van der Waals surface area contributed by atoms with Crippen molar-refractivity contribution in [3.63, 3.8) is 0 Å². The molecular weight excluding hydrogens is 821 g/mol. The van der Waals surface area contributed by atoms with Crippen molar-refractivity contribution in [3.8, 4) is 51.1 Å². The number of aryl methyl sites for hydroxylation is 5. The maximum Gasteiger partial charge on any atom is 0.368 e. The minimum Gasteiger partial charge on any atom is -0.496 e. The molecule has 0 amide bonds. The minimum atomic E-state index is -0.292. The Bertz CT molecular complexity index is 3120. The Hall–Kier alpha value is -7.68. The number of pyridine rings is 2. The molecule has 4 aromatic carbocycles. The average Bonchev–Trinajstić information content (AvgIpc) is 4.27. The highest BCUT2D eigenvalue weighted by molar-refractivity contribution is 5.72. The molecule has 0 saturated heterocycles. The predicted octanol–water partition coefficient (Wildman–Crippen LogP) is 7.90. The predicted molar refractivity (Wildman–Crippen MR) is 246 cm³/mol. The summed E-state index contributed by atoms with van der Waals surface area (Å²) in [6.07, 6.45) is 4.57. The second kappa shape index (κ2) is 18.2. The molecule has 10 rings (SSSR count). The van der Waals surface area contributed by atoms with Crippen LogP contribution in [0.15, 0.2) is 119 Å². The molecule has 15 heteroatoms. The molecule has 330 valence electrons. The van der Waals surface area contributed by atoms with E-state index in [9.17, 15) is 9.59 Å². The van der Waals surface area contributed by atoms with E-state index < -0.39 is 0 Å². The lowest BCUT2D eigenvalue weighted by Crippen LogP contribution is -2.23. The molecule has 2 aliphatic carbocycles. The van der Waals surface area contributed by atoms with Gasteiger partial charge < -0.3 is 14.2 Å². The lowest BCUT2D eigenvalue weighted by molar-refractivity contribution is 0.291. The Morgan fingerprint density at radius 1 is 0.538 bits per heavy atom. The molecule has 65 heavy (non-hydrogen) atoms. The number of ether oxygens (including phenoxy) is 3. The Morgan fingerprint density at radius 2 is 1.03 bits per heavy atom. The van der Waals surface area contributed by atoms with Crippen LogP contribution in [-0.2, 0) is 27.3 Å². The standard InChI is InChI=1S/C25H25N5O3.C25H25N5O2/c1-16-18(20-7-4-5-10-23(20)32-3)13-14-24(26-16)33-15-21-19(17-11-12-17)8-6-9-22(21)30-25(31)29(2)27-28-30;1-16-7-9-18(10-8-16)20-13-14-24(26-17(20)2)32-15-22-21(19-11-12-19)5-4-6-23(22)30-25(31)29(3)27-28-30/h4-10,13-14,17H,11-12,15H2,1-3H3;4-10,13-14,19H,11-12,15H2,1-3H3. The van der Waals surface area contributed by atoms with Gasteiger partial charge in [-0.05, 0) is 126 Å². The van der Waals surface area contributed by atoms with Crippen LogP contribution in [0.5, 0.6) is 17.5 Å². The van der Waals surface area contributed by atoms with E-state index in [1.54, 1.807) is 21.2 Å². The molecule has 0 radical (unpaired) electrons. The number of para-hydroxylation sites is 1. The van der Waals surface area contributed by atoms with Gasteiger partial charge >= 0.3 is 11.4 Å². The largest absolute Gasteiger partial charge is 0.496 e. The van der Waals surface area contributed by atoms with Gasteiger partial charge in [0, 0.05) is 65.4 Å². The molecule has 0 N–H and O–H groups in total. The van der Waals surface area contributed by atoms with Gasteiger partial charge in [-0.2, -0.15) is 18.7 Å². The van der Waals surface area contributed by atoms with Gasteiger partial charge in [0.25, 0.3) is 0 Å². The number of hydrogen-bond donors (Lipinski definition) is 0. The molecule has 0 aliphatic heterocycles. The lowest BCUT2D eigenvalue weighted by atomic mass is 10.0. The Kier molecular flexibility index (Phi) is 11.9. The summed E-state index contributed by atoms with van der Waals surface area (Å²) >= 11 is 0. The Balaban J connectivity index is 0.000000164. The fourth-order valence-corrected chi connectivity index (χ4v) is 8.10. The van der Waals surface area contributed by atoms with Gasteiger partial charge in [0.15, 0.2) is 0 Å². The number of hydrogen-bond acceptors (Lipinski definition) is 11. The van der Waals surface area contributed by atoms with E-state index in [0.717, 1.165) is 76.2 Å². The van der Waals surface area contributed by atoms with Crippen LogP contribution in [0.2, 0.25) is 0 Å². The number of nitrogens with zero attached hydrogens (tertiary/aromatic N) is 10. The molecule has 0 unspecified atom stereocenters. The molecule has 15 nitrogen and oxygen atoms in total. The van der Waals surface area contributed by atoms with Gasteiger partial charge in [-0.3, -0.25) is 0 Å². The zero-order valence-corrected chi connectivity index (χ0v) is 37.3.